The Labute approximate surface area is 113 Å². The monoisotopic (exact) mass is 271 g/mol. The van der Waals surface area contributed by atoms with E-state index in [-0.39, 0.29) is 0 Å². The van der Waals surface area contributed by atoms with Gasteiger partial charge < -0.3 is 4.90 Å². The maximum absolute atomic E-state index is 11.7. The second kappa shape index (κ2) is 4.47. The molecule has 2 heterocycles. The van der Waals surface area contributed by atoms with Crippen LogP contribution in [0.1, 0.15) is 10.4 Å². The molecular formula is C13H9N3O2S. The zero-order valence-corrected chi connectivity index (χ0v) is 10.8. The van der Waals surface area contributed by atoms with E-state index in [1.807, 2.05) is 12.1 Å². The first-order valence-corrected chi connectivity index (χ1v) is 6.39. The van der Waals surface area contributed by atoms with Crippen molar-refractivity contribution in [1.29, 1.82) is 0 Å². The maximum Gasteiger partial charge on any atom is 0.299 e. The van der Waals surface area contributed by atoms with Crippen LogP contribution in [0.2, 0.25) is 0 Å². The minimum Gasteiger partial charge on any atom is -0.308 e. The molecule has 0 radical (unpaired) electrons. The summed E-state index contributed by atoms with van der Waals surface area (Å²) in [5.74, 6) is -0.935. The normalized spacial score (nSPS) is 13.8. The van der Waals surface area contributed by atoms with Crippen LogP contribution in [0.15, 0.2) is 46.7 Å². The summed E-state index contributed by atoms with van der Waals surface area (Å²) in [7, 11) is 1.60. The van der Waals surface area contributed by atoms with Gasteiger partial charge in [0.25, 0.3) is 11.7 Å². The summed E-state index contributed by atoms with van der Waals surface area (Å²) in [5, 5.41) is 0.813. The molecule has 0 N–H and O–H groups in total. The lowest BCUT2D eigenvalue weighted by molar-refractivity contribution is -0.114. The van der Waals surface area contributed by atoms with Crippen molar-refractivity contribution >= 4 is 29.1 Å². The van der Waals surface area contributed by atoms with Gasteiger partial charge in [-0.1, -0.05) is 11.8 Å². The first-order valence-electron chi connectivity index (χ1n) is 5.57. The number of rotatable bonds is 2. The third-order valence-electron chi connectivity index (χ3n) is 2.85. The number of carbonyl (C=O) groups excluding carboxylic acids is 2. The molecule has 1 aromatic heterocycles. The highest BCUT2D eigenvalue weighted by molar-refractivity contribution is 7.99. The molecule has 0 saturated heterocycles. The zero-order valence-electron chi connectivity index (χ0n) is 10.0. The highest BCUT2D eigenvalue weighted by atomic mass is 32.2. The molecule has 0 fully saturated rings. The number of hydrogen-bond donors (Lipinski definition) is 0. The van der Waals surface area contributed by atoms with E-state index in [4.69, 9.17) is 0 Å². The number of likely N-dealkylation sites (N-methyl/N-ethyl adjacent to an activating group) is 1. The number of carbonyl (C=O) groups is 2. The minimum atomic E-state index is -0.487. The number of nitrogens with zero attached hydrogens (tertiary/aromatic N) is 3. The molecule has 3 rings (SSSR count). The van der Waals surface area contributed by atoms with Crippen LogP contribution in [0.5, 0.6) is 0 Å². The van der Waals surface area contributed by atoms with Crippen LogP contribution in [0.3, 0.4) is 0 Å². The smallest absolute Gasteiger partial charge is 0.299 e. The first-order chi connectivity index (χ1) is 9.16. The number of ketones is 1. The molecule has 0 spiro atoms. The summed E-state index contributed by atoms with van der Waals surface area (Å²) >= 11 is 1.46. The second-order valence-electron chi connectivity index (χ2n) is 4.02. The van der Waals surface area contributed by atoms with Gasteiger partial charge in [0, 0.05) is 18.1 Å². The number of aromatic nitrogens is 2. The van der Waals surface area contributed by atoms with Crippen LogP contribution in [0.25, 0.3) is 0 Å². The molecule has 2 aromatic rings. The van der Waals surface area contributed by atoms with Gasteiger partial charge in [0.2, 0.25) is 0 Å². The van der Waals surface area contributed by atoms with E-state index in [2.05, 4.69) is 9.97 Å². The van der Waals surface area contributed by atoms with Gasteiger partial charge in [0.05, 0.1) is 11.3 Å². The summed E-state index contributed by atoms with van der Waals surface area (Å²) in [6.45, 7) is 0. The first kappa shape index (κ1) is 11.9. The Bertz CT molecular complexity index is 673. The van der Waals surface area contributed by atoms with Gasteiger partial charge in [-0.05, 0) is 24.3 Å². The fraction of sp³-hybridized carbons (Fsp3) is 0.0769. The highest BCUT2D eigenvalue weighted by Gasteiger charge is 2.33. The molecule has 19 heavy (non-hydrogen) atoms. The summed E-state index contributed by atoms with van der Waals surface area (Å²) in [4.78, 5) is 33.5. The van der Waals surface area contributed by atoms with E-state index in [0.717, 1.165) is 9.92 Å². The predicted molar refractivity (Wildman–Crippen MR) is 70.3 cm³/mol. The number of amides is 1. The molecule has 0 atom stereocenters. The number of anilines is 1. The molecule has 0 unspecified atom stereocenters. The SMILES string of the molecule is CN1C(=O)C(=O)c2ccc(Sc3ccncn3)cc21. The molecule has 94 valence electrons. The van der Waals surface area contributed by atoms with E-state index in [1.54, 1.807) is 25.4 Å². The largest absolute Gasteiger partial charge is 0.308 e. The van der Waals surface area contributed by atoms with Crippen molar-refractivity contribution in [3.05, 3.63) is 42.4 Å². The van der Waals surface area contributed by atoms with Crippen LogP contribution in [-0.2, 0) is 4.79 Å². The van der Waals surface area contributed by atoms with Gasteiger partial charge in [-0.3, -0.25) is 9.59 Å². The third-order valence-corrected chi connectivity index (χ3v) is 3.79. The molecule has 0 bridgehead atoms. The van der Waals surface area contributed by atoms with Crippen molar-refractivity contribution < 1.29 is 9.59 Å². The molecular weight excluding hydrogens is 262 g/mol. The topological polar surface area (TPSA) is 63.2 Å². The minimum absolute atomic E-state index is 0.448. The van der Waals surface area contributed by atoms with Gasteiger partial charge in [0.1, 0.15) is 11.4 Å². The van der Waals surface area contributed by atoms with E-state index >= 15 is 0 Å². The Hall–Kier alpha value is -2.21. The Morgan fingerprint density at radius 3 is 2.79 bits per heavy atom. The van der Waals surface area contributed by atoms with Crippen molar-refractivity contribution in [2.24, 2.45) is 0 Å². The van der Waals surface area contributed by atoms with Crippen molar-refractivity contribution in [2.75, 3.05) is 11.9 Å². The quantitative estimate of drug-likeness (QED) is 0.615. The Morgan fingerprint density at radius 1 is 1.21 bits per heavy atom. The highest BCUT2D eigenvalue weighted by Crippen LogP contribution is 2.34. The van der Waals surface area contributed by atoms with Crippen molar-refractivity contribution in [1.82, 2.24) is 9.97 Å². The van der Waals surface area contributed by atoms with E-state index < -0.39 is 11.7 Å². The summed E-state index contributed by atoms with van der Waals surface area (Å²) < 4.78 is 0. The van der Waals surface area contributed by atoms with E-state index in [1.165, 1.54) is 23.0 Å². The Morgan fingerprint density at radius 2 is 2.05 bits per heavy atom. The average molecular weight is 271 g/mol. The fourth-order valence-electron chi connectivity index (χ4n) is 1.88. The van der Waals surface area contributed by atoms with Gasteiger partial charge in [-0.2, -0.15) is 0 Å². The van der Waals surface area contributed by atoms with Crippen molar-refractivity contribution in [3.8, 4) is 0 Å². The Balaban J connectivity index is 1.95. The van der Waals surface area contributed by atoms with Gasteiger partial charge in [0.15, 0.2) is 0 Å². The van der Waals surface area contributed by atoms with Crippen LogP contribution in [-0.4, -0.2) is 28.7 Å². The molecule has 1 aromatic carbocycles. The summed E-state index contributed by atoms with van der Waals surface area (Å²) in [6, 6.07) is 7.13. The van der Waals surface area contributed by atoms with Crippen LogP contribution in [0.4, 0.5) is 5.69 Å². The van der Waals surface area contributed by atoms with Gasteiger partial charge in [-0.25, -0.2) is 9.97 Å². The van der Waals surface area contributed by atoms with Gasteiger partial charge in [-0.15, -0.1) is 0 Å². The molecule has 0 saturated carbocycles. The molecule has 1 aliphatic rings. The Kier molecular flexibility index (Phi) is 2.79. The molecule has 0 aliphatic carbocycles. The third kappa shape index (κ3) is 2.00. The van der Waals surface area contributed by atoms with Crippen LogP contribution < -0.4 is 4.90 Å². The van der Waals surface area contributed by atoms with Crippen molar-refractivity contribution in [3.63, 3.8) is 0 Å². The summed E-state index contributed by atoms with van der Waals surface area (Å²) in [6.07, 6.45) is 3.15. The van der Waals surface area contributed by atoms with E-state index in [0.29, 0.717) is 11.3 Å². The standard InChI is InChI=1S/C13H9N3O2S/c1-16-10-6-8(19-11-4-5-14-7-15-11)2-3-9(10)12(17)13(16)18/h2-7H,1H3. The maximum atomic E-state index is 11.7. The molecule has 1 amide bonds. The predicted octanol–water partition coefficient (Wildman–Crippen LogP) is 1.79. The molecule has 5 nitrogen and oxygen atoms in total. The second-order valence-corrected chi connectivity index (χ2v) is 5.12. The lowest BCUT2D eigenvalue weighted by atomic mass is 10.1. The van der Waals surface area contributed by atoms with E-state index in [9.17, 15) is 9.59 Å². The number of fused-ring (bicyclic) bond motifs is 1. The zero-order chi connectivity index (χ0) is 13.4. The van der Waals surface area contributed by atoms with Crippen LogP contribution in [0, 0.1) is 0 Å². The van der Waals surface area contributed by atoms with Crippen molar-refractivity contribution in [2.45, 2.75) is 9.92 Å². The number of Topliss-reactive ketones (excluding diaryl/α,β-unsaturated/α-hetero) is 1. The summed E-state index contributed by atoms with van der Waals surface area (Å²) in [5.41, 5.74) is 1.11. The lowest BCUT2D eigenvalue weighted by Gasteiger charge is -2.09. The lowest BCUT2D eigenvalue weighted by Crippen LogP contribution is -2.24. The van der Waals surface area contributed by atoms with Crippen LogP contribution >= 0.6 is 11.8 Å². The van der Waals surface area contributed by atoms with Gasteiger partial charge >= 0.3 is 0 Å². The average Bonchev–Trinajstić information content (AvgIpc) is 2.65. The number of hydrogen-bond acceptors (Lipinski definition) is 5. The fourth-order valence-corrected chi connectivity index (χ4v) is 2.66. The molecule has 6 heteroatoms. The molecule has 1 aliphatic heterocycles. The number of benzene rings is 1.